The highest BCUT2D eigenvalue weighted by atomic mass is 16.3. The molecule has 0 saturated heterocycles. The second kappa shape index (κ2) is 6.48. The maximum atomic E-state index is 13.2. The van der Waals surface area contributed by atoms with E-state index in [9.17, 15) is 4.79 Å². The normalized spacial score (nSPS) is 21.5. The number of anilines is 1. The lowest BCUT2D eigenvalue weighted by atomic mass is 9.78. The first-order valence-corrected chi connectivity index (χ1v) is 9.68. The van der Waals surface area contributed by atoms with Gasteiger partial charge in [0, 0.05) is 17.7 Å². The average Bonchev–Trinajstić information content (AvgIpc) is 3.38. The molecule has 0 amide bonds. The number of Topliss-reactive ketones (excluding diaryl/α,β-unsaturated/α-hetero) is 1. The van der Waals surface area contributed by atoms with Gasteiger partial charge in [0.1, 0.15) is 18.1 Å². The van der Waals surface area contributed by atoms with Crippen molar-refractivity contribution in [3.63, 3.8) is 0 Å². The van der Waals surface area contributed by atoms with Crippen LogP contribution in [0.25, 0.3) is 0 Å². The van der Waals surface area contributed by atoms with Crippen molar-refractivity contribution in [3.05, 3.63) is 77.1 Å². The molecule has 1 aliphatic carbocycles. The molecule has 3 heterocycles. The van der Waals surface area contributed by atoms with Crippen molar-refractivity contribution in [2.24, 2.45) is 0 Å². The van der Waals surface area contributed by atoms with E-state index in [-0.39, 0.29) is 17.7 Å². The molecule has 1 N–H and O–H groups in total. The number of ketones is 1. The molecular weight excluding hydrogens is 352 g/mol. The summed E-state index contributed by atoms with van der Waals surface area (Å²) in [5.74, 6) is 2.13. The smallest absolute Gasteiger partial charge is 0.226 e. The van der Waals surface area contributed by atoms with Crippen molar-refractivity contribution >= 4 is 11.7 Å². The standard InChI is InChI=1S/C22H22N4O2/c1-13(2)14-5-7-15(8-6-14)16-10-17-20(18(27)11-16)21(19-4-3-9-28-19)26-22(25-17)23-12-24-26/h3-9,12-13,16,21H,10-11H2,1-2H3,(H,23,24,25)/t16-,21+/m0/s1. The number of nitrogens with zero attached hydrogens (tertiary/aromatic N) is 3. The van der Waals surface area contributed by atoms with Crippen LogP contribution in [0.3, 0.4) is 0 Å². The minimum atomic E-state index is -0.361. The van der Waals surface area contributed by atoms with E-state index in [1.165, 1.54) is 17.5 Å². The number of allylic oxidation sites excluding steroid dienone is 2. The molecule has 1 aromatic carbocycles. The molecule has 3 aromatic rings. The first kappa shape index (κ1) is 17.0. The molecule has 5 rings (SSSR count). The lowest BCUT2D eigenvalue weighted by Crippen LogP contribution is -2.33. The largest absolute Gasteiger partial charge is 0.467 e. The van der Waals surface area contributed by atoms with E-state index in [1.807, 2.05) is 12.1 Å². The Balaban J connectivity index is 1.52. The van der Waals surface area contributed by atoms with Crippen molar-refractivity contribution in [2.45, 2.75) is 44.6 Å². The van der Waals surface area contributed by atoms with Gasteiger partial charge >= 0.3 is 0 Å². The van der Waals surface area contributed by atoms with Gasteiger partial charge < -0.3 is 9.73 Å². The van der Waals surface area contributed by atoms with E-state index >= 15 is 0 Å². The minimum Gasteiger partial charge on any atom is -0.467 e. The predicted molar refractivity (Wildman–Crippen MR) is 105 cm³/mol. The van der Waals surface area contributed by atoms with E-state index in [4.69, 9.17) is 4.42 Å². The molecule has 0 radical (unpaired) electrons. The topological polar surface area (TPSA) is 73.0 Å². The Hall–Kier alpha value is -3.15. The molecule has 6 heteroatoms. The van der Waals surface area contributed by atoms with Crippen LogP contribution in [-0.2, 0) is 4.79 Å². The summed E-state index contributed by atoms with van der Waals surface area (Å²) in [5, 5.41) is 7.66. The van der Waals surface area contributed by atoms with Gasteiger partial charge in [0.15, 0.2) is 5.78 Å². The van der Waals surface area contributed by atoms with Crippen LogP contribution >= 0.6 is 0 Å². The molecule has 2 aromatic heterocycles. The van der Waals surface area contributed by atoms with Gasteiger partial charge in [-0.05, 0) is 41.5 Å². The maximum Gasteiger partial charge on any atom is 0.226 e. The zero-order valence-corrected chi connectivity index (χ0v) is 15.9. The van der Waals surface area contributed by atoms with Gasteiger partial charge in [-0.3, -0.25) is 4.79 Å². The molecule has 28 heavy (non-hydrogen) atoms. The number of carbonyl (C=O) groups excluding carboxylic acids is 1. The summed E-state index contributed by atoms with van der Waals surface area (Å²) in [5.41, 5.74) is 4.18. The van der Waals surface area contributed by atoms with Crippen molar-refractivity contribution < 1.29 is 9.21 Å². The zero-order chi connectivity index (χ0) is 19.3. The third-order valence-corrected chi connectivity index (χ3v) is 5.75. The van der Waals surface area contributed by atoms with E-state index < -0.39 is 0 Å². The number of furan rings is 1. The van der Waals surface area contributed by atoms with Gasteiger partial charge in [-0.15, -0.1) is 0 Å². The Labute approximate surface area is 163 Å². The fourth-order valence-electron chi connectivity index (χ4n) is 4.25. The average molecular weight is 374 g/mol. The molecule has 2 aliphatic rings. The third-order valence-electron chi connectivity index (χ3n) is 5.75. The molecule has 2 atom stereocenters. The molecule has 142 valence electrons. The molecule has 0 saturated carbocycles. The van der Waals surface area contributed by atoms with Crippen LogP contribution in [0.5, 0.6) is 0 Å². The van der Waals surface area contributed by atoms with E-state index in [1.54, 1.807) is 10.9 Å². The Bertz CT molecular complexity index is 1040. The Morgan fingerprint density at radius 2 is 2.00 bits per heavy atom. The molecule has 1 aliphatic heterocycles. The van der Waals surface area contributed by atoms with E-state index in [0.717, 1.165) is 17.7 Å². The van der Waals surface area contributed by atoms with Crippen LogP contribution in [0.2, 0.25) is 0 Å². The lowest BCUT2D eigenvalue weighted by Gasteiger charge is -2.34. The van der Waals surface area contributed by atoms with Crippen LogP contribution in [-0.4, -0.2) is 20.5 Å². The predicted octanol–water partition coefficient (Wildman–Crippen LogP) is 4.41. The first-order chi connectivity index (χ1) is 13.6. The molecule has 0 fully saturated rings. The molecule has 0 spiro atoms. The number of hydrogen-bond acceptors (Lipinski definition) is 5. The van der Waals surface area contributed by atoms with Gasteiger partial charge in [0.05, 0.1) is 6.26 Å². The van der Waals surface area contributed by atoms with Gasteiger partial charge in [-0.1, -0.05) is 38.1 Å². The summed E-state index contributed by atoms with van der Waals surface area (Å²) in [4.78, 5) is 17.5. The minimum absolute atomic E-state index is 0.134. The summed E-state index contributed by atoms with van der Waals surface area (Å²) in [6.45, 7) is 4.38. The number of aromatic nitrogens is 3. The molecule has 6 nitrogen and oxygen atoms in total. The zero-order valence-electron chi connectivity index (χ0n) is 15.9. The van der Waals surface area contributed by atoms with Crippen molar-refractivity contribution in [2.75, 3.05) is 5.32 Å². The second-order valence-corrected chi connectivity index (χ2v) is 7.81. The van der Waals surface area contributed by atoms with Gasteiger partial charge in [-0.25, -0.2) is 4.68 Å². The van der Waals surface area contributed by atoms with Gasteiger partial charge in [0.2, 0.25) is 5.95 Å². The molecule has 0 unspecified atom stereocenters. The van der Waals surface area contributed by atoms with Crippen LogP contribution in [0.4, 0.5) is 5.95 Å². The summed E-state index contributed by atoms with van der Waals surface area (Å²) < 4.78 is 7.37. The first-order valence-electron chi connectivity index (χ1n) is 9.68. The van der Waals surface area contributed by atoms with Gasteiger partial charge in [0.25, 0.3) is 0 Å². The van der Waals surface area contributed by atoms with E-state index in [2.05, 4.69) is 53.5 Å². The van der Waals surface area contributed by atoms with Crippen LogP contribution in [0.1, 0.15) is 61.5 Å². The maximum absolute atomic E-state index is 13.2. The highest BCUT2D eigenvalue weighted by molar-refractivity contribution is 6.00. The lowest BCUT2D eigenvalue weighted by molar-refractivity contribution is -0.116. The number of fused-ring (bicyclic) bond motifs is 1. The van der Waals surface area contributed by atoms with Crippen molar-refractivity contribution in [1.82, 2.24) is 14.8 Å². The third kappa shape index (κ3) is 2.68. The quantitative estimate of drug-likeness (QED) is 0.735. The Morgan fingerprint density at radius 3 is 2.71 bits per heavy atom. The van der Waals surface area contributed by atoms with Crippen LogP contribution < -0.4 is 5.32 Å². The van der Waals surface area contributed by atoms with E-state index in [0.29, 0.717) is 24.0 Å². The van der Waals surface area contributed by atoms with Gasteiger partial charge in [-0.2, -0.15) is 10.1 Å². The monoisotopic (exact) mass is 374 g/mol. The summed E-state index contributed by atoms with van der Waals surface area (Å²) >= 11 is 0. The molecular formula is C22H22N4O2. The van der Waals surface area contributed by atoms with Crippen LogP contribution in [0, 0.1) is 0 Å². The Kier molecular flexibility index (Phi) is 3.93. The number of rotatable bonds is 3. The van der Waals surface area contributed by atoms with Crippen molar-refractivity contribution in [1.29, 1.82) is 0 Å². The van der Waals surface area contributed by atoms with Crippen LogP contribution in [0.15, 0.2) is 64.7 Å². The SMILES string of the molecule is CC(C)c1ccc([C@@H]2CC(=O)C3=C(C2)Nc2ncnn2[C@@H]3c2ccco2)cc1. The number of carbonyl (C=O) groups is 1. The van der Waals surface area contributed by atoms with Crippen molar-refractivity contribution in [3.8, 4) is 0 Å². The summed E-state index contributed by atoms with van der Waals surface area (Å²) in [7, 11) is 0. The second-order valence-electron chi connectivity index (χ2n) is 7.81. The summed E-state index contributed by atoms with van der Waals surface area (Å²) in [6, 6.07) is 12.0. The Morgan fingerprint density at radius 1 is 1.18 bits per heavy atom. The highest BCUT2D eigenvalue weighted by Crippen LogP contribution is 2.43. The number of hydrogen-bond donors (Lipinski definition) is 1. The fourth-order valence-corrected chi connectivity index (χ4v) is 4.25. The number of nitrogens with one attached hydrogen (secondary N) is 1. The highest BCUT2D eigenvalue weighted by Gasteiger charge is 2.40. The molecule has 0 bridgehead atoms. The fraction of sp³-hybridized carbons (Fsp3) is 0.318. The number of benzene rings is 1. The summed E-state index contributed by atoms with van der Waals surface area (Å²) in [6.07, 6.45) is 4.39.